The monoisotopic (exact) mass is 334 g/mol. The fourth-order valence-electron chi connectivity index (χ4n) is 2.18. The van der Waals surface area contributed by atoms with Crippen molar-refractivity contribution < 1.29 is 0 Å². The Morgan fingerprint density at radius 2 is 1.00 bits per heavy atom. The van der Waals surface area contributed by atoms with E-state index in [-0.39, 0.29) is 0 Å². The molecule has 102 valence electrons. The number of halogens is 1. The summed E-state index contributed by atoms with van der Waals surface area (Å²) < 4.78 is 1.10. The van der Waals surface area contributed by atoms with Gasteiger partial charge in [0.2, 0.25) is 0 Å². The second kappa shape index (κ2) is 6.55. The van der Waals surface area contributed by atoms with Crippen LogP contribution in [0.3, 0.4) is 0 Å². The zero-order valence-electron chi connectivity index (χ0n) is 11.5. The minimum atomic E-state index is 1.10. The molecule has 0 spiro atoms. The Bertz CT molecular complexity index is 723. The lowest BCUT2D eigenvalue weighted by molar-refractivity contribution is 1.59. The van der Waals surface area contributed by atoms with E-state index in [0.717, 1.165) is 4.47 Å². The van der Waals surface area contributed by atoms with Crippen LogP contribution in [0.4, 0.5) is 0 Å². The van der Waals surface area contributed by atoms with Crippen molar-refractivity contribution in [2.45, 2.75) is 0 Å². The van der Waals surface area contributed by atoms with Crippen LogP contribution in [0.2, 0.25) is 0 Å². The van der Waals surface area contributed by atoms with Gasteiger partial charge in [-0.25, -0.2) is 0 Å². The van der Waals surface area contributed by atoms with Crippen LogP contribution in [0.25, 0.3) is 23.3 Å². The second-order valence-electron chi connectivity index (χ2n) is 4.87. The van der Waals surface area contributed by atoms with Crippen LogP contribution in [-0.4, -0.2) is 0 Å². The van der Waals surface area contributed by atoms with Crippen molar-refractivity contribution >= 4 is 28.1 Å². The summed E-state index contributed by atoms with van der Waals surface area (Å²) in [5.74, 6) is 0. The number of hydrogen-bond acceptors (Lipinski definition) is 0. The molecule has 0 saturated carbocycles. The van der Waals surface area contributed by atoms with Gasteiger partial charge >= 0.3 is 0 Å². The summed E-state index contributed by atoms with van der Waals surface area (Å²) in [6, 6.07) is 27.4. The van der Waals surface area contributed by atoms with E-state index in [1.165, 1.54) is 22.3 Å². The second-order valence-corrected chi connectivity index (χ2v) is 5.79. The van der Waals surface area contributed by atoms with Crippen LogP contribution in [0.15, 0.2) is 83.3 Å². The van der Waals surface area contributed by atoms with Gasteiger partial charge in [0.15, 0.2) is 0 Å². The van der Waals surface area contributed by atoms with E-state index < -0.39 is 0 Å². The average Bonchev–Trinajstić information content (AvgIpc) is 2.56. The Balaban J connectivity index is 1.77. The summed E-state index contributed by atoms with van der Waals surface area (Å²) in [5, 5.41) is 0. The molecular weight excluding hydrogens is 320 g/mol. The molecule has 0 amide bonds. The molecule has 3 rings (SSSR count). The highest BCUT2D eigenvalue weighted by Gasteiger charge is 1.95. The highest BCUT2D eigenvalue weighted by molar-refractivity contribution is 9.10. The van der Waals surface area contributed by atoms with Gasteiger partial charge in [0.1, 0.15) is 0 Å². The highest BCUT2D eigenvalue weighted by Crippen LogP contribution is 2.20. The van der Waals surface area contributed by atoms with Crippen molar-refractivity contribution in [3.63, 3.8) is 0 Å². The Morgan fingerprint density at radius 3 is 1.57 bits per heavy atom. The lowest BCUT2D eigenvalue weighted by atomic mass is 10.0. The Labute approximate surface area is 133 Å². The van der Waals surface area contributed by atoms with Crippen LogP contribution in [0.1, 0.15) is 11.1 Å². The maximum atomic E-state index is 3.45. The molecule has 3 aromatic carbocycles. The quantitative estimate of drug-likeness (QED) is 0.494. The molecular formula is C20H15Br. The molecule has 0 heterocycles. The maximum absolute atomic E-state index is 3.45. The summed E-state index contributed by atoms with van der Waals surface area (Å²) in [7, 11) is 0. The summed E-state index contributed by atoms with van der Waals surface area (Å²) in [6.07, 6.45) is 4.27. The molecule has 0 unspecified atom stereocenters. The molecule has 0 N–H and O–H groups in total. The molecule has 0 aromatic heterocycles. The van der Waals surface area contributed by atoms with Gasteiger partial charge in [-0.3, -0.25) is 0 Å². The van der Waals surface area contributed by atoms with Crippen molar-refractivity contribution in [2.24, 2.45) is 0 Å². The molecule has 0 nitrogen and oxygen atoms in total. The van der Waals surface area contributed by atoms with Crippen LogP contribution in [0.5, 0.6) is 0 Å². The molecule has 0 bridgehead atoms. The lowest BCUT2D eigenvalue weighted by Gasteiger charge is -2.02. The predicted octanol–water partition coefficient (Wildman–Crippen LogP) is 6.29. The summed E-state index contributed by atoms with van der Waals surface area (Å²) in [4.78, 5) is 0. The SMILES string of the molecule is Brc1ccc(/C=C\c2ccc(-c3ccccc3)cc2)cc1. The van der Waals surface area contributed by atoms with Crippen molar-refractivity contribution in [3.05, 3.63) is 94.5 Å². The van der Waals surface area contributed by atoms with Gasteiger partial charge in [0.25, 0.3) is 0 Å². The van der Waals surface area contributed by atoms with E-state index in [4.69, 9.17) is 0 Å². The van der Waals surface area contributed by atoms with Crippen LogP contribution >= 0.6 is 15.9 Å². The molecule has 0 fully saturated rings. The first-order valence-corrected chi connectivity index (χ1v) is 7.70. The van der Waals surface area contributed by atoms with E-state index in [1.807, 2.05) is 6.07 Å². The molecule has 0 aliphatic heterocycles. The van der Waals surface area contributed by atoms with E-state index in [1.54, 1.807) is 0 Å². The topological polar surface area (TPSA) is 0 Å². The maximum Gasteiger partial charge on any atom is 0.0175 e. The first kappa shape index (κ1) is 13.8. The Morgan fingerprint density at radius 1 is 0.524 bits per heavy atom. The van der Waals surface area contributed by atoms with Gasteiger partial charge in [-0.15, -0.1) is 0 Å². The number of rotatable bonds is 3. The van der Waals surface area contributed by atoms with E-state index >= 15 is 0 Å². The molecule has 0 atom stereocenters. The first-order chi connectivity index (χ1) is 10.3. The third-order valence-corrected chi connectivity index (χ3v) is 3.88. The van der Waals surface area contributed by atoms with Crippen molar-refractivity contribution in [3.8, 4) is 11.1 Å². The van der Waals surface area contributed by atoms with Gasteiger partial charge in [0.05, 0.1) is 0 Å². The summed E-state index contributed by atoms with van der Waals surface area (Å²) in [6.45, 7) is 0. The number of hydrogen-bond donors (Lipinski definition) is 0. The van der Waals surface area contributed by atoms with E-state index in [9.17, 15) is 0 Å². The zero-order valence-corrected chi connectivity index (χ0v) is 13.1. The van der Waals surface area contributed by atoms with Gasteiger partial charge < -0.3 is 0 Å². The normalized spacial score (nSPS) is 10.9. The average molecular weight is 335 g/mol. The zero-order chi connectivity index (χ0) is 14.5. The molecule has 0 aliphatic rings. The molecule has 0 saturated heterocycles. The molecule has 1 heteroatoms. The molecule has 0 radical (unpaired) electrons. The van der Waals surface area contributed by atoms with E-state index in [0.29, 0.717) is 0 Å². The van der Waals surface area contributed by atoms with Crippen molar-refractivity contribution in [1.82, 2.24) is 0 Å². The van der Waals surface area contributed by atoms with Crippen LogP contribution < -0.4 is 0 Å². The smallest absolute Gasteiger partial charge is 0.0175 e. The molecule has 0 aliphatic carbocycles. The minimum Gasteiger partial charge on any atom is -0.0622 e. The van der Waals surface area contributed by atoms with Crippen LogP contribution in [-0.2, 0) is 0 Å². The summed E-state index contributed by atoms with van der Waals surface area (Å²) in [5.41, 5.74) is 4.90. The predicted molar refractivity (Wildman–Crippen MR) is 94.9 cm³/mol. The summed E-state index contributed by atoms with van der Waals surface area (Å²) >= 11 is 3.45. The standard InChI is InChI=1S/C20H15Br/c21-20-14-10-17(11-15-20)7-6-16-8-12-19(13-9-16)18-4-2-1-3-5-18/h1-15H/b7-6-. The lowest BCUT2D eigenvalue weighted by Crippen LogP contribution is -1.78. The minimum absolute atomic E-state index is 1.10. The number of benzene rings is 3. The third kappa shape index (κ3) is 3.71. The third-order valence-electron chi connectivity index (χ3n) is 3.36. The van der Waals surface area contributed by atoms with Gasteiger partial charge in [-0.05, 0) is 34.4 Å². The van der Waals surface area contributed by atoms with Gasteiger partial charge in [-0.1, -0.05) is 94.8 Å². The van der Waals surface area contributed by atoms with Gasteiger partial charge in [-0.2, -0.15) is 0 Å². The fourth-order valence-corrected chi connectivity index (χ4v) is 2.45. The Hall–Kier alpha value is -2.12. The molecule has 3 aromatic rings. The largest absolute Gasteiger partial charge is 0.0622 e. The first-order valence-electron chi connectivity index (χ1n) is 6.90. The molecule has 21 heavy (non-hydrogen) atoms. The van der Waals surface area contributed by atoms with E-state index in [2.05, 4.69) is 101 Å². The highest BCUT2D eigenvalue weighted by atomic mass is 79.9. The Kier molecular flexibility index (Phi) is 4.32. The van der Waals surface area contributed by atoms with Crippen LogP contribution in [0, 0.1) is 0 Å². The van der Waals surface area contributed by atoms with Crippen molar-refractivity contribution in [1.29, 1.82) is 0 Å². The van der Waals surface area contributed by atoms with Gasteiger partial charge in [0, 0.05) is 4.47 Å². The fraction of sp³-hybridized carbons (Fsp3) is 0. The van der Waals surface area contributed by atoms with Crippen molar-refractivity contribution in [2.75, 3.05) is 0 Å².